The van der Waals surface area contributed by atoms with Crippen molar-refractivity contribution in [2.75, 3.05) is 26.2 Å². The third-order valence-corrected chi connectivity index (χ3v) is 5.07. The molecule has 156 valence electrons. The van der Waals surface area contributed by atoms with Gasteiger partial charge in [-0.05, 0) is 55.2 Å². The lowest BCUT2D eigenvalue weighted by atomic mass is 10.1. The molecular formula is C22H28N2O4S. The van der Waals surface area contributed by atoms with Crippen molar-refractivity contribution >= 4 is 23.6 Å². The topological polar surface area (TPSA) is 76.7 Å². The van der Waals surface area contributed by atoms with E-state index in [2.05, 4.69) is 10.6 Å². The predicted molar refractivity (Wildman–Crippen MR) is 117 cm³/mol. The van der Waals surface area contributed by atoms with E-state index in [0.29, 0.717) is 30.0 Å². The smallest absolute Gasteiger partial charge is 0.251 e. The van der Waals surface area contributed by atoms with Crippen molar-refractivity contribution in [3.63, 3.8) is 0 Å². The third kappa shape index (κ3) is 6.71. The van der Waals surface area contributed by atoms with Gasteiger partial charge < -0.3 is 20.1 Å². The van der Waals surface area contributed by atoms with Gasteiger partial charge in [-0.2, -0.15) is 11.8 Å². The van der Waals surface area contributed by atoms with Crippen LogP contribution >= 0.6 is 11.8 Å². The Morgan fingerprint density at radius 1 is 1.07 bits per heavy atom. The van der Waals surface area contributed by atoms with Crippen LogP contribution in [0.15, 0.2) is 42.5 Å². The number of carbonyl (C=O) groups is 2. The number of nitrogens with one attached hydrogen (secondary N) is 2. The molecule has 0 spiro atoms. The van der Waals surface area contributed by atoms with Crippen LogP contribution in [0.3, 0.4) is 0 Å². The van der Waals surface area contributed by atoms with Crippen LogP contribution in [0.5, 0.6) is 11.5 Å². The molecule has 0 heterocycles. The number of benzene rings is 2. The Labute approximate surface area is 176 Å². The highest BCUT2D eigenvalue weighted by Crippen LogP contribution is 2.27. The van der Waals surface area contributed by atoms with Crippen LogP contribution in [0, 0.1) is 6.92 Å². The lowest BCUT2D eigenvalue weighted by molar-refractivity contribution is -0.123. The number of hydrogen-bond acceptors (Lipinski definition) is 5. The molecule has 0 unspecified atom stereocenters. The molecule has 0 aromatic heterocycles. The maximum Gasteiger partial charge on any atom is 0.251 e. The molecule has 6 nitrogen and oxygen atoms in total. The molecule has 0 saturated carbocycles. The summed E-state index contributed by atoms with van der Waals surface area (Å²) in [6, 6.07) is 12.2. The van der Waals surface area contributed by atoms with Crippen LogP contribution in [0.1, 0.15) is 27.9 Å². The lowest BCUT2D eigenvalue weighted by Crippen LogP contribution is -2.46. The molecule has 0 aliphatic heterocycles. The van der Waals surface area contributed by atoms with Gasteiger partial charge in [-0.1, -0.05) is 23.8 Å². The second-order valence-corrected chi connectivity index (χ2v) is 7.57. The highest BCUT2D eigenvalue weighted by atomic mass is 32.2. The first kappa shape index (κ1) is 22.6. The largest absolute Gasteiger partial charge is 0.493 e. The van der Waals surface area contributed by atoms with E-state index in [1.54, 1.807) is 38.1 Å². The number of thioether (sulfide) groups is 1. The van der Waals surface area contributed by atoms with Crippen LogP contribution < -0.4 is 20.1 Å². The first-order chi connectivity index (χ1) is 14.0. The molecule has 2 amide bonds. The Morgan fingerprint density at radius 3 is 2.48 bits per heavy atom. The van der Waals surface area contributed by atoms with Crippen molar-refractivity contribution in [1.82, 2.24) is 10.6 Å². The quantitative estimate of drug-likeness (QED) is 0.622. The molecule has 2 aromatic carbocycles. The van der Waals surface area contributed by atoms with Gasteiger partial charge in [0.1, 0.15) is 6.04 Å². The monoisotopic (exact) mass is 416 g/mol. The zero-order valence-corrected chi connectivity index (χ0v) is 18.1. The second-order valence-electron chi connectivity index (χ2n) is 6.58. The summed E-state index contributed by atoms with van der Waals surface area (Å²) < 4.78 is 10.5. The zero-order valence-electron chi connectivity index (χ0n) is 17.3. The SMILES string of the molecule is COc1ccc(CNC(=O)[C@H](CCSC)NC(=O)c2cccc(C)c2)cc1OC. The zero-order chi connectivity index (χ0) is 21.2. The van der Waals surface area contributed by atoms with E-state index in [1.807, 2.05) is 43.5 Å². The van der Waals surface area contributed by atoms with Gasteiger partial charge in [0.05, 0.1) is 14.2 Å². The standard InChI is InChI=1S/C22H28N2O4S/c1-15-6-5-7-17(12-15)21(25)24-18(10-11-29-4)22(26)23-14-16-8-9-19(27-2)20(13-16)28-3/h5-9,12-13,18H,10-11,14H2,1-4H3,(H,23,26)(H,24,25)/t18-/m0/s1. The number of methoxy groups -OCH3 is 2. The van der Waals surface area contributed by atoms with Gasteiger partial charge in [0.2, 0.25) is 5.91 Å². The van der Waals surface area contributed by atoms with E-state index in [9.17, 15) is 9.59 Å². The van der Waals surface area contributed by atoms with E-state index in [4.69, 9.17) is 9.47 Å². The molecule has 0 aliphatic carbocycles. The number of aryl methyl sites for hydroxylation is 1. The first-order valence-corrected chi connectivity index (χ1v) is 10.7. The summed E-state index contributed by atoms with van der Waals surface area (Å²) in [4.78, 5) is 25.3. The van der Waals surface area contributed by atoms with Gasteiger partial charge in [-0.25, -0.2) is 0 Å². The van der Waals surface area contributed by atoms with Crippen LogP contribution in [0.2, 0.25) is 0 Å². The maximum absolute atomic E-state index is 12.7. The van der Waals surface area contributed by atoms with E-state index in [0.717, 1.165) is 16.9 Å². The molecule has 0 fully saturated rings. The Morgan fingerprint density at radius 2 is 1.83 bits per heavy atom. The molecule has 29 heavy (non-hydrogen) atoms. The van der Waals surface area contributed by atoms with Gasteiger partial charge in [0.25, 0.3) is 5.91 Å². The molecule has 0 radical (unpaired) electrons. The highest BCUT2D eigenvalue weighted by Gasteiger charge is 2.21. The minimum atomic E-state index is -0.601. The number of rotatable bonds is 10. The Bertz CT molecular complexity index is 841. The molecule has 0 aliphatic rings. The van der Waals surface area contributed by atoms with Crippen LogP contribution in [-0.2, 0) is 11.3 Å². The number of carbonyl (C=O) groups excluding carboxylic acids is 2. The summed E-state index contributed by atoms with van der Waals surface area (Å²) in [6.07, 6.45) is 2.53. The predicted octanol–water partition coefficient (Wildman–Crippen LogP) is 3.18. The molecule has 0 saturated heterocycles. The molecular weight excluding hydrogens is 388 g/mol. The van der Waals surface area contributed by atoms with Crippen molar-refractivity contribution < 1.29 is 19.1 Å². The number of hydrogen-bond donors (Lipinski definition) is 2. The molecule has 2 rings (SSSR count). The Balaban J connectivity index is 2.03. The fraction of sp³-hybridized carbons (Fsp3) is 0.364. The Kier molecular flexibility index (Phi) is 8.86. The van der Waals surface area contributed by atoms with E-state index >= 15 is 0 Å². The molecule has 2 aromatic rings. The summed E-state index contributed by atoms with van der Waals surface area (Å²) in [6.45, 7) is 2.26. The summed E-state index contributed by atoms with van der Waals surface area (Å²) >= 11 is 1.63. The van der Waals surface area contributed by atoms with Crippen LogP contribution in [-0.4, -0.2) is 44.1 Å². The third-order valence-electron chi connectivity index (χ3n) is 4.43. The van der Waals surface area contributed by atoms with Crippen molar-refractivity contribution in [3.8, 4) is 11.5 Å². The summed E-state index contributed by atoms with van der Waals surface area (Å²) in [5.41, 5.74) is 2.42. The normalized spacial score (nSPS) is 11.4. The highest BCUT2D eigenvalue weighted by molar-refractivity contribution is 7.98. The van der Waals surface area contributed by atoms with Crippen molar-refractivity contribution in [1.29, 1.82) is 0 Å². The minimum absolute atomic E-state index is 0.213. The minimum Gasteiger partial charge on any atom is -0.493 e. The fourth-order valence-corrected chi connectivity index (χ4v) is 3.31. The van der Waals surface area contributed by atoms with Gasteiger partial charge in [-0.15, -0.1) is 0 Å². The maximum atomic E-state index is 12.7. The Hall–Kier alpha value is -2.67. The fourth-order valence-electron chi connectivity index (χ4n) is 2.84. The molecule has 7 heteroatoms. The number of amides is 2. The van der Waals surface area contributed by atoms with Crippen molar-refractivity contribution in [3.05, 3.63) is 59.2 Å². The summed E-state index contributed by atoms with van der Waals surface area (Å²) in [5.74, 6) is 1.54. The van der Waals surface area contributed by atoms with Gasteiger partial charge in [0, 0.05) is 12.1 Å². The average Bonchev–Trinajstić information content (AvgIpc) is 2.74. The summed E-state index contributed by atoms with van der Waals surface area (Å²) in [5, 5.41) is 5.77. The second kappa shape index (κ2) is 11.4. The average molecular weight is 417 g/mol. The van der Waals surface area contributed by atoms with Gasteiger partial charge in [-0.3, -0.25) is 9.59 Å². The van der Waals surface area contributed by atoms with E-state index < -0.39 is 6.04 Å². The van der Waals surface area contributed by atoms with Crippen LogP contribution in [0.4, 0.5) is 0 Å². The van der Waals surface area contributed by atoms with Gasteiger partial charge >= 0.3 is 0 Å². The van der Waals surface area contributed by atoms with Crippen molar-refractivity contribution in [2.24, 2.45) is 0 Å². The van der Waals surface area contributed by atoms with Crippen LogP contribution in [0.25, 0.3) is 0 Å². The first-order valence-electron chi connectivity index (χ1n) is 9.33. The molecule has 1 atom stereocenters. The van der Waals surface area contributed by atoms with E-state index in [-0.39, 0.29) is 11.8 Å². The van der Waals surface area contributed by atoms with Gasteiger partial charge in [0.15, 0.2) is 11.5 Å². The molecule has 2 N–H and O–H groups in total. The number of ether oxygens (including phenoxy) is 2. The van der Waals surface area contributed by atoms with E-state index in [1.165, 1.54) is 0 Å². The van der Waals surface area contributed by atoms with Crippen molar-refractivity contribution in [2.45, 2.75) is 25.9 Å². The summed E-state index contributed by atoms with van der Waals surface area (Å²) in [7, 11) is 3.14. The lowest BCUT2D eigenvalue weighted by Gasteiger charge is -2.19. The molecule has 0 bridgehead atoms.